The number of hydrogen-bond donors (Lipinski definition) is 2. The Labute approximate surface area is 107 Å². The van der Waals surface area contributed by atoms with Gasteiger partial charge in [-0.15, -0.1) is 0 Å². The Morgan fingerprint density at radius 2 is 1.94 bits per heavy atom. The summed E-state index contributed by atoms with van der Waals surface area (Å²) < 4.78 is 5.45. The molecule has 2 N–H and O–H groups in total. The van der Waals surface area contributed by atoms with Gasteiger partial charge in [-0.2, -0.15) is 0 Å². The Balaban J connectivity index is 3.44. The average molecular weight is 245 g/mol. The number of nitrogens with one attached hydrogen (secondary N) is 1. The molecule has 17 heavy (non-hydrogen) atoms. The molecule has 0 fully saturated rings. The number of aliphatic hydroxyl groups is 1. The summed E-state index contributed by atoms with van der Waals surface area (Å²) in [7, 11) is 0. The van der Waals surface area contributed by atoms with Gasteiger partial charge in [-0.3, -0.25) is 0 Å². The molecule has 104 valence electrons. The molecule has 3 heteroatoms. The van der Waals surface area contributed by atoms with E-state index in [0.717, 1.165) is 25.4 Å². The molecule has 0 aliphatic carbocycles. The summed E-state index contributed by atoms with van der Waals surface area (Å²) >= 11 is 0. The molecule has 0 aliphatic heterocycles. The van der Waals surface area contributed by atoms with Gasteiger partial charge in [0.2, 0.25) is 0 Å². The second-order valence-electron chi connectivity index (χ2n) is 5.88. The van der Waals surface area contributed by atoms with Crippen LogP contribution in [0.25, 0.3) is 0 Å². The van der Waals surface area contributed by atoms with E-state index in [2.05, 4.69) is 39.9 Å². The fourth-order valence-electron chi connectivity index (χ4n) is 1.39. The van der Waals surface area contributed by atoms with E-state index >= 15 is 0 Å². The van der Waals surface area contributed by atoms with Gasteiger partial charge in [-0.05, 0) is 39.0 Å². The molecule has 0 aromatic carbocycles. The van der Waals surface area contributed by atoms with Gasteiger partial charge in [0.05, 0.1) is 12.7 Å². The van der Waals surface area contributed by atoms with Crippen LogP contribution in [0, 0.1) is 5.92 Å². The van der Waals surface area contributed by atoms with Crippen LogP contribution in [0.5, 0.6) is 0 Å². The molecule has 1 atom stereocenters. The molecule has 0 aromatic heterocycles. The van der Waals surface area contributed by atoms with Crippen molar-refractivity contribution in [3.63, 3.8) is 0 Å². The Morgan fingerprint density at radius 1 is 1.29 bits per heavy atom. The molecule has 3 nitrogen and oxygen atoms in total. The molecule has 0 radical (unpaired) electrons. The van der Waals surface area contributed by atoms with Crippen molar-refractivity contribution >= 4 is 0 Å². The largest absolute Gasteiger partial charge is 0.389 e. The topological polar surface area (TPSA) is 41.5 Å². The first-order valence-corrected chi connectivity index (χ1v) is 6.88. The number of hydrogen-bond acceptors (Lipinski definition) is 3. The summed E-state index contributed by atoms with van der Waals surface area (Å²) in [4.78, 5) is 0. The van der Waals surface area contributed by atoms with E-state index in [9.17, 15) is 5.11 Å². The van der Waals surface area contributed by atoms with E-state index in [1.165, 1.54) is 6.42 Å². The van der Waals surface area contributed by atoms with E-state index in [-0.39, 0.29) is 5.54 Å². The predicted molar refractivity (Wildman–Crippen MR) is 73.3 cm³/mol. The molecule has 0 spiro atoms. The van der Waals surface area contributed by atoms with E-state index < -0.39 is 6.10 Å². The zero-order valence-electron chi connectivity index (χ0n) is 12.3. The molecule has 0 heterocycles. The summed E-state index contributed by atoms with van der Waals surface area (Å²) in [5.41, 5.74) is 0.0959. The van der Waals surface area contributed by atoms with Crippen LogP contribution in [-0.4, -0.2) is 36.5 Å². The average Bonchev–Trinajstić information content (AvgIpc) is 2.26. The molecule has 1 unspecified atom stereocenters. The van der Waals surface area contributed by atoms with E-state index in [0.29, 0.717) is 13.2 Å². The summed E-state index contributed by atoms with van der Waals surface area (Å²) in [5.74, 6) is 0.732. The fourth-order valence-corrected chi connectivity index (χ4v) is 1.39. The third-order valence-electron chi connectivity index (χ3n) is 3.08. The van der Waals surface area contributed by atoms with Crippen LogP contribution < -0.4 is 5.32 Å². The third kappa shape index (κ3) is 10.7. The van der Waals surface area contributed by atoms with Gasteiger partial charge < -0.3 is 15.2 Å². The molecule has 0 bridgehead atoms. The summed E-state index contributed by atoms with van der Waals surface area (Å²) in [6.45, 7) is 12.6. The minimum absolute atomic E-state index is 0.0959. The maximum atomic E-state index is 9.73. The Kier molecular flexibility index (Phi) is 8.83. The Hall–Kier alpha value is -0.120. The maximum absolute atomic E-state index is 9.73. The highest BCUT2D eigenvalue weighted by molar-refractivity contribution is 4.76. The summed E-state index contributed by atoms with van der Waals surface area (Å²) in [6.07, 6.45) is 2.92. The molecule has 0 amide bonds. The van der Waals surface area contributed by atoms with Gasteiger partial charge in [0.25, 0.3) is 0 Å². The second kappa shape index (κ2) is 8.90. The lowest BCUT2D eigenvalue weighted by Gasteiger charge is -2.26. The Bertz CT molecular complexity index is 181. The van der Waals surface area contributed by atoms with Crippen LogP contribution in [0.3, 0.4) is 0 Å². The monoisotopic (exact) mass is 245 g/mol. The van der Waals surface area contributed by atoms with E-state index in [4.69, 9.17) is 4.74 Å². The normalized spacial score (nSPS) is 14.3. The smallest absolute Gasteiger partial charge is 0.0897 e. The van der Waals surface area contributed by atoms with Gasteiger partial charge in [0, 0.05) is 18.7 Å². The van der Waals surface area contributed by atoms with E-state index in [1.807, 2.05) is 0 Å². The van der Waals surface area contributed by atoms with Gasteiger partial charge in [-0.1, -0.05) is 20.8 Å². The molecule has 0 aliphatic rings. The number of ether oxygens (including phenoxy) is 1. The van der Waals surface area contributed by atoms with Crippen LogP contribution in [0.4, 0.5) is 0 Å². The van der Waals surface area contributed by atoms with Crippen molar-refractivity contribution in [3.05, 3.63) is 0 Å². The van der Waals surface area contributed by atoms with Gasteiger partial charge in [0.15, 0.2) is 0 Å². The van der Waals surface area contributed by atoms with Crippen LogP contribution in [0.15, 0.2) is 0 Å². The first-order chi connectivity index (χ1) is 7.87. The molecular formula is C14H31NO2. The zero-order chi connectivity index (χ0) is 13.3. The van der Waals surface area contributed by atoms with Gasteiger partial charge in [-0.25, -0.2) is 0 Å². The van der Waals surface area contributed by atoms with Gasteiger partial charge in [0.1, 0.15) is 0 Å². The fraction of sp³-hybridized carbons (Fsp3) is 1.00. The minimum Gasteiger partial charge on any atom is -0.389 e. The molecule has 0 rings (SSSR count). The second-order valence-corrected chi connectivity index (χ2v) is 5.88. The molecule has 0 saturated carbocycles. The number of aliphatic hydroxyl groups excluding tert-OH is 1. The Morgan fingerprint density at radius 3 is 2.47 bits per heavy atom. The van der Waals surface area contributed by atoms with Crippen molar-refractivity contribution in [1.29, 1.82) is 0 Å². The highest BCUT2D eigenvalue weighted by Crippen LogP contribution is 2.06. The highest BCUT2D eigenvalue weighted by atomic mass is 16.5. The van der Waals surface area contributed by atoms with Crippen LogP contribution in [0.1, 0.15) is 53.9 Å². The third-order valence-corrected chi connectivity index (χ3v) is 3.08. The zero-order valence-corrected chi connectivity index (χ0v) is 12.3. The predicted octanol–water partition coefficient (Wildman–Crippen LogP) is 2.58. The van der Waals surface area contributed by atoms with Gasteiger partial charge >= 0.3 is 0 Å². The molecular weight excluding hydrogens is 214 g/mol. The van der Waals surface area contributed by atoms with Crippen molar-refractivity contribution in [2.45, 2.75) is 65.5 Å². The lowest BCUT2D eigenvalue weighted by Crippen LogP contribution is -2.43. The van der Waals surface area contributed by atoms with E-state index in [1.54, 1.807) is 0 Å². The first kappa shape index (κ1) is 16.9. The van der Waals surface area contributed by atoms with Crippen LogP contribution in [-0.2, 0) is 4.74 Å². The molecule has 0 saturated heterocycles. The lowest BCUT2D eigenvalue weighted by atomic mass is 10.0. The highest BCUT2D eigenvalue weighted by Gasteiger charge is 2.15. The standard InChI is InChI=1S/C14H31NO2/c1-6-14(4,5)15-10-13(16)11-17-9-7-8-12(2)3/h12-13,15-16H,6-11H2,1-5H3. The van der Waals surface area contributed by atoms with Crippen molar-refractivity contribution in [3.8, 4) is 0 Å². The van der Waals surface area contributed by atoms with Crippen LogP contribution in [0.2, 0.25) is 0 Å². The molecule has 0 aromatic rings. The summed E-state index contributed by atoms with van der Waals surface area (Å²) in [5, 5.41) is 13.1. The van der Waals surface area contributed by atoms with Crippen molar-refractivity contribution in [1.82, 2.24) is 5.32 Å². The minimum atomic E-state index is -0.403. The van der Waals surface area contributed by atoms with Crippen molar-refractivity contribution < 1.29 is 9.84 Å². The number of rotatable bonds is 10. The lowest BCUT2D eigenvalue weighted by molar-refractivity contribution is 0.0313. The number of β-amino-alcohol motifs (C(OH)–C–C–N with tert-alkyl or cyclic N) is 1. The first-order valence-electron chi connectivity index (χ1n) is 6.88. The van der Waals surface area contributed by atoms with Crippen molar-refractivity contribution in [2.24, 2.45) is 5.92 Å². The van der Waals surface area contributed by atoms with Crippen molar-refractivity contribution in [2.75, 3.05) is 19.8 Å². The quantitative estimate of drug-likeness (QED) is 0.581. The van der Waals surface area contributed by atoms with Crippen LogP contribution >= 0.6 is 0 Å². The maximum Gasteiger partial charge on any atom is 0.0897 e. The SMILES string of the molecule is CCC(C)(C)NCC(O)COCCCC(C)C. The summed E-state index contributed by atoms with van der Waals surface area (Å²) in [6, 6.07) is 0.